The number of rotatable bonds is 1. The highest BCUT2D eigenvalue weighted by atomic mass is 14.4. The predicted molar refractivity (Wildman–Crippen MR) is 66.7 cm³/mol. The Hall–Kier alpha value is -0.520. The van der Waals surface area contributed by atoms with E-state index in [9.17, 15) is 0 Å². The first-order valence-electron chi connectivity index (χ1n) is 6.49. The van der Waals surface area contributed by atoms with Crippen LogP contribution in [-0.4, -0.2) is 0 Å². The molecule has 2 rings (SSSR count). The summed E-state index contributed by atoms with van der Waals surface area (Å²) in [5, 5.41) is 0. The molecule has 0 nitrogen and oxygen atoms in total. The van der Waals surface area contributed by atoms with Crippen molar-refractivity contribution >= 4 is 0 Å². The summed E-state index contributed by atoms with van der Waals surface area (Å²) >= 11 is 0. The monoisotopic (exact) mass is 204 g/mol. The van der Waals surface area contributed by atoms with Crippen LogP contribution in [0.1, 0.15) is 46.5 Å². The van der Waals surface area contributed by atoms with Crippen molar-refractivity contribution < 1.29 is 0 Å². The molecule has 0 radical (unpaired) electrons. The van der Waals surface area contributed by atoms with Crippen LogP contribution in [-0.2, 0) is 0 Å². The maximum Gasteiger partial charge on any atom is -0.0168 e. The van der Waals surface area contributed by atoms with E-state index in [0.29, 0.717) is 0 Å². The standard InChI is InChI=1S/C15H24/c1-10(2)13-8-6-12(4)14-7-5-11(3)9-15(13)14/h9-10,12-14H,3,5-8H2,1-2,4H3/t12-,13?,14-/m0/s1. The van der Waals surface area contributed by atoms with E-state index in [1.165, 1.54) is 31.3 Å². The maximum absolute atomic E-state index is 4.15. The zero-order valence-corrected chi connectivity index (χ0v) is 10.4. The van der Waals surface area contributed by atoms with Gasteiger partial charge in [-0.1, -0.05) is 44.6 Å². The van der Waals surface area contributed by atoms with Crippen molar-refractivity contribution in [1.29, 1.82) is 0 Å². The van der Waals surface area contributed by atoms with E-state index in [2.05, 4.69) is 33.4 Å². The lowest BCUT2D eigenvalue weighted by Crippen LogP contribution is -2.30. The summed E-state index contributed by atoms with van der Waals surface area (Å²) in [6.45, 7) is 11.3. The summed E-state index contributed by atoms with van der Waals surface area (Å²) in [5.41, 5.74) is 3.10. The topological polar surface area (TPSA) is 0 Å². The molecule has 0 aromatic heterocycles. The number of hydrogen-bond acceptors (Lipinski definition) is 0. The Bertz CT molecular complexity index is 282. The molecule has 0 heteroatoms. The zero-order valence-electron chi connectivity index (χ0n) is 10.4. The Balaban J connectivity index is 2.27. The lowest BCUT2D eigenvalue weighted by molar-refractivity contribution is 0.224. The van der Waals surface area contributed by atoms with Gasteiger partial charge in [0, 0.05) is 0 Å². The average molecular weight is 204 g/mol. The highest BCUT2D eigenvalue weighted by Gasteiger charge is 2.35. The lowest BCUT2D eigenvalue weighted by Gasteiger charge is -2.41. The van der Waals surface area contributed by atoms with Gasteiger partial charge in [-0.2, -0.15) is 0 Å². The van der Waals surface area contributed by atoms with E-state index < -0.39 is 0 Å². The van der Waals surface area contributed by atoms with Crippen molar-refractivity contribution in [1.82, 2.24) is 0 Å². The number of fused-ring (bicyclic) bond motifs is 1. The Morgan fingerprint density at radius 3 is 2.67 bits per heavy atom. The van der Waals surface area contributed by atoms with Gasteiger partial charge in [0.15, 0.2) is 0 Å². The molecule has 0 spiro atoms. The van der Waals surface area contributed by atoms with Crippen LogP contribution in [0.3, 0.4) is 0 Å². The SMILES string of the molecule is C=C1C=C2C(C(C)C)CC[C@H](C)[C@@H]2CC1. The molecule has 15 heavy (non-hydrogen) atoms. The molecule has 0 aromatic rings. The molecule has 0 aliphatic heterocycles. The molecule has 0 aromatic carbocycles. The molecule has 1 saturated carbocycles. The number of hydrogen-bond donors (Lipinski definition) is 0. The molecule has 0 amide bonds. The summed E-state index contributed by atoms with van der Waals surface area (Å²) in [6, 6.07) is 0. The van der Waals surface area contributed by atoms with Crippen LogP contribution in [0.2, 0.25) is 0 Å². The van der Waals surface area contributed by atoms with Crippen LogP contribution in [0.5, 0.6) is 0 Å². The van der Waals surface area contributed by atoms with Gasteiger partial charge in [-0.3, -0.25) is 0 Å². The summed E-state index contributed by atoms with van der Waals surface area (Å²) in [7, 11) is 0. The highest BCUT2D eigenvalue weighted by Crippen LogP contribution is 2.46. The van der Waals surface area contributed by atoms with Gasteiger partial charge in [-0.05, 0) is 49.4 Å². The molecule has 2 aliphatic rings. The fraction of sp³-hybridized carbons (Fsp3) is 0.733. The van der Waals surface area contributed by atoms with E-state index in [0.717, 1.165) is 23.7 Å². The first-order chi connectivity index (χ1) is 7.09. The van der Waals surface area contributed by atoms with Gasteiger partial charge in [0.2, 0.25) is 0 Å². The molecule has 2 aliphatic carbocycles. The Morgan fingerprint density at radius 1 is 1.27 bits per heavy atom. The van der Waals surface area contributed by atoms with E-state index in [4.69, 9.17) is 0 Å². The van der Waals surface area contributed by atoms with Crippen molar-refractivity contribution in [3.63, 3.8) is 0 Å². The molecule has 0 saturated heterocycles. The fourth-order valence-electron chi connectivity index (χ4n) is 3.45. The molecule has 3 atom stereocenters. The van der Waals surface area contributed by atoms with Crippen LogP contribution in [0.25, 0.3) is 0 Å². The zero-order chi connectivity index (χ0) is 11.0. The third-order valence-corrected chi connectivity index (χ3v) is 4.43. The number of allylic oxidation sites excluding steroid dienone is 3. The second-order valence-electron chi connectivity index (χ2n) is 5.85. The molecular formula is C15H24. The highest BCUT2D eigenvalue weighted by molar-refractivity contribution is 5.30. The minimum atomic E-state index is 0.803. The quantitative estimate of drug-likeness (QED) is 0.586. The molecule has 84 valence electrons. The van der Waals surface area contributed by atoms with Gasteiger partial charge in [-0.15, -0.1) is 0 Å². The van der Waals surface area contributed by atoms with Crippen molar-refractivity contribution in [2.24, 2.45) is 23.7 Å². The van der Waals surface area contributed by atoms with Crippen LogP contribution < -0.4 is 0 Å². The summed E-state index contributed by atoms with van der Waals surface area (Å²) in [6.07, 6.45) is 7.83. The molecule has 1 fully saturated rings. The first-order valence-corrected chi connectivity index (χ1v) is 6.49. The smallest absolute Gasteiger partial charge is 0.0168 e. The van der Waals surface area contributed by atoms with Gasteiger partial charge >= 0.3 is 0 Å². The van der Waals surface area contributed by atoms with Gasteiger partial charge in [0.1, 0.15) is 0 Å². The summed E-state index contributed by atoms with van der Waals surface area (Å²) < 4.78 is 0. The van der Waals surface area contributed by atoms with Crippen LogP contribution in [0, 0.1) is 23.7 Å². The molecule has 0 heterocycles. The molecule has 0 N–H and O–H groups in total. The molecular weight excluding hydrogens is 180 g/mol. The second-order valence-corrected chi connectivity index (χ2v) is 5.85. The van der Waals surface area contributed by atoms with E-state index >= 15 is 0 Å². The van der Waals surface area contributed by atoms with E-state index in [-0.39, 0.29) is 0 Å². The van der Waals surface area contributed by atoms with Gasteiger partial charge in [0.05, 0.1) is 0 Å². The second kappa shape index (κ2) is 4.15. The van der Waals surface area contributed by atoms with Crippen molar-refractivity contribution in [2.45, 2.75) is 46.5 Å². The Labute approximate surface area is 94.5 Å². The largest absolute Gasteiger partial charge is 0.0958 e. The minimum absolute atomic E-state index is 0.803. The van der Waals surface area contributed by atoms with Gasteiger partial charge in [0.25, 0.3) is 0 Å². The Kier molecular flexibility index (Phi) is 3.04. The third-order valence-electron chi connectivity index (χ3n) is 4.43. The lowest BCUT2D eigenvalue weighted by atomic mass is 9.64. The minimum Gasteiger partial charge on any atom is -0.0958 e. The molecule has 0 bridgehead atoms. The van der Waals surface area contributed by atoms with Crippen molar-refractivity contribution in [2.75, 3.05) is 0 Å². The first kappa shape index (κ1) is 11.0. The summed E-state index contributed by atoms with van der Waals surface area (Å²) in [4.78, 5) is 0. The van der Waals surface area contributed by atoms with Crippen molar-refractivity contribution in [3.8, 4) is 0 Å². The fourth-order valence-corrected chi connectivity index (χ4v) is 3.45. The van der Waals surface area contributed by atoms with Gasteiger partial charge < -0.3 is 0 Å². The summed E-state index contributed by atoms with van der Waals surface area (Å²) in [5.74, 6) is 3.41. The van der Waals surface area contributed by atoms with E-state index in [1.54, 1.807) is 5.57 Å². The predicted octanol–water partition coefficient (Wildman–Crippen LogP) is 4.58. The normalized spacial score (nSPS) is 36.4. The Morgan fingerprint density at radius 2 is 2.00 bits per heavy atom. The third kappa shape index (κ3) is 2.04. The van der Waals surface area contributed by atoms with E-state index in [1.807, 2.05) is 0 Å². The van der Waals surface area contributed by atoms with Gasteiger partial charge in [-0.25, -0.2) is 0 Å². The van der Waals surface area contributed by atoms with Crippen LogP contribution in [0.4, 0.5) is 0 Å². The molecule has 1 unspecified atom stereocenters. The van der Waals surface area contributed by atoms with Crippen LogP contribution in [0.15, 0.2) is 23.8 Å². The average Bonchev–Trinajstić information content (AvgIpc) is 2.17. The van der Waals surface area contributed by atoms with Crippen molar-refractivity contribution in [3.05, 3.63) is 23.8 Å². The maximum atomic E-state index is 4.15. The van der Waals surface area contributed by atoms with Crippen LogP contribution >= 0.6 is 0 Å².